The molecule has 1 heterocycles. The summed E-state index contributed by atoms with van der Waals surface area (Å²) in [5.74, 6) is -0.729. The number of hydrogen-bond donors (Lipinski definition) is 4. The van der Waals surface area contributed by atoms with Gasteiger partial charge in [-0.15, -0.1) is 0 Å². The van der Waals surface area contributed by atoms with Crippen molar-refractivity contribution < 1.29 is 18.4 Å². The summed E-state index contributed by atoms with van der Waals surface area (Å²) in [6.45, 7) is 13.0. The molecule has 0 bridgehead atoms. The van der Waals surface area contributed by atoms with Gasteiger partial charge in [0.25, 0.3) is 5.91 Å². The molecule has 4 rings (SSSR count). The molecule has 2 aromatic carbocycles. The standard InChI is InChI=1S/C21H24FN3O.C15H17FN4O/c1-4-9-19(24-15(3)23)21(26)25-20-17(12-8-13-18(20)22)14(2)16-10-6-5-7-11-16;1-18-8-12(9-19-6-10-2-3-10)13-4-11(5-16)7-20-14(13)15(17)21/h5-8,10-13,19,24H,2-4,9,23H2,1H3,(H,25,26);4,7-10H,1-3,5-6H2,(H2,17,21)/b;12-8+,19-9?. The average molecular weight is 642 g/mol. The number of pyridine rings is 1. The molecule has 1 unspecified atom stereocenters. The normalized spacial score (nSPS) is 13.2. The van der Waals surface area contributed by atoms with Gasteiger partial charge in [0.15, 0.2) is 0 Å². The minimum Gasteiger partial charge on any atom is -0.386 e. The number of aromatic nitrogens is 1. The second kappa shape index (κ2) is 17.9. The van der Waals surface area contributed by atoms with Crippen molar-refractivity contribution >= 4 is 41.6 Å². The molecule has 2 amide bonds. The van der Waals surface area contributed by atoms with Crippen LogP contribution >= 0.6 is 0 Å². The molecule has 9 nitrogen and oxygen atoms in total. The van der Waals surface area contributed by atoms with Gasteiger partial charge in [-0.05, 0) is 55.2 Å². The lowest BCUT2D eigenvalue weighted by Crippen LogP contribution is -2.41. The van der Waals surface area contributed by atoms with Crippen LogP contribution in [0.25, 0.3) is 11.1 Å². The number of primary amides is 1. The number of anilines is 1. The number of allylic oxidation sites excluding steroid dienone is 1. The van der Waals surface area contributed by atoms with Crippen molar-refractivity contribution in [2.45, 2.75) is 45.3 Å². The lowest BCUT2D eigenvalue weighted by molar-refractivity contribution is -0.118. The van der Waals surface area contributed by atoms with E-state index in [2.05, 4.69) is 45.5 Å². The van der Waals surface area contributed by atoms with Gasteiger partial charge in [-0.3, -0.25) is 24.6 Å². The largest absolute Gasteiger partial charge is 0.386 e. The number of hydrogen-bond acceptors (Lipinski definition) is 7. The zero-order valence-corrected chi connectivity index (χ0v) is 26.5. The molecular formula is C36H41F2N7O2. The highest BCUT2D eigenvalue weighted by molar-refractivity contribution is 6.13. The highest BCUT2D eigenvalue weighted by atomic mass is 19.1. The summed E-state index contributed by atoms with van der Waals surface area (Å²) in [5.41, 5.74) is 14.4. The Morgan fingerprint density at radius 1 is 1.11 bits per heavy atom. The number of nitrogens with one attached hydrogen (secondary N) is 2. The van der Waals surface area contributed by atoms with E-state index in [0.717, 1.165) is 18.5 Å². The Balaban J connectivity index is 0.000000261. The number of carbonyl (C=O) groups is 2. The number of nitrogens with zero attached hydrogens (tertiary/aromatic N) is 3. The first kappa shape index (κ1) is 36.0. The van der Waals surface area contributed by atoms with E-state index < -0.39 is 24.4 Å². The molecule has 246 valence electrons. The van der Waals surface area contributed by atoms with E-state index in [0.29, 0.717) is 40.2 Å². The highest BCUT2D eigenvalue weighted by Gasteiger charge is 2.22. The molecule has 1 saturated carbocycles. The monoisotopic (exact) mass is 641 g/mol. The van der Waals surface area contributed by atoms with Gasteiger partial charge in [0, 0.05) is 47.4 Å². The quantitative estimate of drug-likeness (QED) is 0.146. The molecule has 0 spiro atoms. The Bertz CT molecular complexity index is 1650. The molecule has 1 fully saturated rings. The predicted octanol–water partition coefficient (Wildman–Crippen LogP) is 6.19. The number of aliphatic imine (C=N–C) groups is 2. The number of rotatable bonds is 15. The summed E-state index contributed by atoms with van der Waals surface area (Å²) in [6.07, 6.45) is 8.07. The van der Waals surface area contributed by atoms with Crippen molar-refractivity contribution in [2.24, 2.45) is 27.4 Å². The first-order valence-corrected chi connectivity index (χ1v) is 15.1. The zero-order chi connectivity index (χ0) is 34.3. The van der Waals surface area contributed by atoms with Crippen molar-refractivity contribution in [3.05, 3.63) is 120 Å². The molecule has 1 aromatic heterocycles. The van der Waals surface area contributed by atoms with Crippen molar-refractivity contribution in [2.75, 3.05) is 11.9 Å². The number of nitrogens with two attached hydrogens (primary N) is 2. The summed E-state index contributed by atoms with van der Waals surface area (Å²) < 4.78 is 27.3. The fourth-order valence-corrected chi connectivity index (χ4v) is 4.56. The first-order chi connectivity index (χ1) is 22.6. The number of halogens is 2. The summed E-state index contributed by atoms with van der Waals surface area (Å²) in [7, 11) is 0. The second-order valence-corrected chi connectivity index (χ2v) is 10.9. The van der Waals surface area contributed by atoms with Gasteiger partial charge in [0.05, 0.1) is 11.5 Å². The van der Waals surface area contributed by atoms with Crippen LogP contribution in [0.5, 0.6) is 0 Å². The number of amides is 2. The van der Waals surface area contributed by atoms with Crippen LogP contribution in [0.1, 0.15) is 65.3 Å². The zero-order valence-electron chi connectivity index (χ0n) is 26.5. The smallest absolute Gasteiger partial charge is 0.267 e. The van der Waals surface area contributed by atoms with Crippen LogP contribution < -0.4 is 22.1 Å². The molecule has 0 radical (unpaired) electrons. The van der Waals surface area contributed by atoms with Crippen LogP contribution in [0.4, 0.5) is 14.5 Å². The average Bonchev–Trinajstić information content (AvgIpc) is 3.89. The second-order valence-electron chi connectivity index (χ2n) is 10.9. The van der Waals surface area contributed by atoms with E-state index in [-0.39, 0.29) is 23.1 Å². The molecule has 0 saturated heterocycles. The maximum Gasteiger partial charge on any atom is 0.267 e. The van der Waals surface area contributed by atoms with Crippen molar-refractivity contribution in [1.82, 2.24) is 10.3 Å². The third-order valence-corrected chi connectivity index (χ3v) is 7.13. The van der Waals surface area contributed by atoms with Crippen LogP contribution in [-0.2, 0) is 11.5 Å². The Morgan fingerprint density at radius 3 is 2.43 bits per heavy atom. The minimum absolute atomic E-state index is 0.0694. The van der Waals surface area contributed by atoms with Gasteiger partial charge in [-0.2, -0.15) is 0 Å². The highest BCUT2D eigenvalue weighted by Crippen LogP contribution is 2.31. The SMILES string of the molecule is C=C(N)NC(CCC)C(=O)Nc1c(F)cccc1C(=C)c1ccccc1.C=N/C=C(\C=NCC1CC1)c1cc(CF)cnc1C(N)=O. The third kappa shape index (κ3) is 10.8. The fraction of sp³-hybridized carbons (Fsp3) is 0.250. The molecule has 3 aromatic rings. The first-order valence-electron chi connectivity index (χ1n) is 15.1. The number of benzene rings is 2. The maximum atomic E-state index is 14.5. The van der Waals surface area contributed by atoms with E-state index in [1.54, 1.807) is 18.3 Å². The van der Waals surface area contributed by atoms with E-state index in [1.165, 1.54) is 37.4 Å². The minimum atomic E-state index is -0.680. The molecule has 0 aliphatic heterocycles. The molecular weight excluding hydrogens is 600 g/mol. The predicted molar refractivity (Wildman–Crippen MR) is 186 cm³/mol. The number of alkyl halides is 1. The van der Waals surface area contributed by atoms with Gasteiger partial charge in [-0.1, -0.05) is 69.0 Å². The van der Waals surface area contributed by atoms with E-state index in [1.807, 2.05) is 37.3 Å². The Hall–Kier alpha value is -5.45. The van der Waals surface area contributed by atoms with Crippen LogP contribution in [0, 0.1) is 11.7 Å². The van der Waals surface area contributed by atoms with Gasteiger partial charge in [0.2, 0.25) is 5.91 Å². The van der Waals surface area contributed by atoms with Crippen LogP contribution in [0.2, 0.25) is 0 Å². The Labute approximate surface area is 274 Å². The molecule has 11 heteroatoms. The molecule has 1 aliphatic rings. The summed E-state index contributed by atoms with van der Waals surface area (Å²) >= 11 is 0. The van der Waals surface area contributed by atoms with Gasteiger partial charge < -0.3 is 22.1 Å². The molecule has 47 heavy (non-hydrogen) atoms. The topological polar surface area (TPSA) is 148 Å². The molecule has 1 aliphatic carbocycles. The van der Waals surface area contributed by atoms with Crippen LogP contribution in [-0.4, -0.2) is 42.3 Å². The number of para-hydroxylation sites is 1. The summed E-state index contributed by atoms with van der Waals surface area (Å²) in [6, 6.07) is 15.0. The number of carbonyl (C=O) groups excluding carboxylic acids is 2. The fourth-order valence-electron chi connectivity index (χ4n) is 4.56. The van der Waals surface area contributed by atoms with Crippen molar-refractivity contribution in [3.63, 3.8) is 0 Å². The molecule has 6 N–H and O–H groups in total. The summed E-state index contributed by atoms with van der Waals surface area (Å²) in [4.78, 5) is 36.1. The van der Waals surface area contributed by atoms with Gasteiger partial charge in [-0.25, -0.2) is 8.78 Å². The lowest BCUT2D eigenvalue weighted by atomic mass is 9.97. The maximum absolute atomic E-state index is 14.5. The van der Waals surface area contributed by atoms with Crippen molar-refractivity contribution in [1.29, 1.82) is 0 Å². The lowest BCUT2D eigenvalue weighted by Gasteiger charge is -2.20. The summed E-state index contributed by atoms with van der Waals surface area (Å²) in [5, 5.41) is 5.51. The molecule has 1 atom stereocenters. The van der Waals surface area contributed by atoms with Crippen LogP contribution in [0.15, 0.2) is 96.0 Å². The van der Waals surface area contributed by atoms with Gasteiger partial charge in [0.1, 0.15) is 24.2 Å². The van der Waals surface area contributed by atoms with E-state index >= 15 is 0 Å². The van der Waals surface area contributed by atoms with Gasteiger partial charge >= 0.3 is 0 Å². The Morgan fingerprint density at radius 2 is 1.83 bits per heavy atom. The van der Waals surface area contributed by atoms with E-state index in [4.69, 9.17) is 11.5 Å². The van der Waals surface area contributed by atoms with E-state index in [9.17, 15) is 18.4 Å². The van der Waals surface area contributed by atoms with Crippen LogP contribution in [0.3, 0.4) is 0 Å². The Kier molecular flexibility index (Phi) is 13.7. The third-order valence-electron chi connectivity index (χ3n) is 7.13. The van der Waals surface area contributed by atoms with Crippen molar-refractivity contribution in [3.8, 4) is 0 Å².